The van der Waals surface area contributed by atoms with Crippen LogP contribution in [0, 0.1) is 0 Å². The monoisotopic (exact) mass is 275 g/mol. The number of nitrogens with one attached hydrogen (secondary N) is 1. The molecule has 0 aliphatic heterocycles. The molecule has 0 aliphatic rings. The number of aromatic nitrogens is 3. The van der Waals surface area contributed by atoms with Gasteiger partial charge in [-0.15, -0.1) is 0 Å². The highest BCUT2D eigenvalue weighted by Gasteiger charge is 2.06. The van der Waals surface area contributed by atoms with Gasteiger partial charge in [-0.3, -0.25) is 4.68 Å². The molecule has 0 atom stereocenters. The summed E-state index contributed by atoms with van der Waals surface area (Å²) in [7, 11) is 1.94. The predicted octanol–water partition coefficient (Wildman–Crippen LogP) is 1.84. The number of hydrogen-bond donors (Lipinski definition) is 2. The summed E-state index contributed by atoms with van der Waals surface area (Å²) < 4.78 is 7.43. The van der Waals surface area contributed by atoms with E-state index >= 15 is 0 Å². The van der Waals surface area contributed by atoms with E-state index < -0.39 is 0 Å². The van der Waals surface area contributed by atoms with Crippen molar-refractivity contribution in [3.05, 3.63) is 30.1 Å². The lowest BCUT2D eigenvalue weighted by Crippen LogP contribution is -2.12. The van der Waals surface area contributed by atoms with E-state index in [-0.39, 0.29) is 6.10 Å². The molecule has 3 N–H and O–H groups in total. The maximum atomic E-state index is 5.84. The maximum Gasteiger partial charge on any atom is 0.239 e. The van der Waals surface area contributed by atoms with Gasteiger partial charge in [0.25, 0.3) is 0 Å². The van der Waals surface area contributed by atoms with E-state index in [1.54, 1.807) is 12.3 Å². The first-order chi connectivity index (χ1) is 9.56. The molecular formula is C14H21N5O. The molecule has 2 aromatic rings. The number of hydrogen-bond acceptors (Lipinski definition) is 5. The van der Waals surface area contributed by atoms with Crippen molar-refractivity contribution in [3.8, 4) is 5.88 Å². The second-order valence-corrected chi connectivity index (χ2v) is 4.88. The molecule has 0 spiro atoms. The SMILES string of the molecule is CC(C)Oc1nc(NCCc2ccnn2C)ccc1N. The fraction of sp³-hybridized carbons (Fsp3) is 0.429. The molecule has 2 rings (SSSR count). The molecule has 0 saturated carbocycles. The van der Waals surface area contributed by atoms with Crippen LogP contribution in [-0.4, -0.2) is 27.4 Å². The van der Waals surface area contributed by atoms with Crippen LogP contribution in [0.1, 0.15) is 19.5 Å². The van der Waals surface area contributed by atoms with Crippen LogP contribution in [0.25, 0.3) is 0 Å². The fourth-order valence-electron chi connectivity index (χ4n) is 1.83. The number of pyridine rings is 1. The smallest absolute Gasteiger partial charge is 0.239 e. The normalized spacial score (nSPS) is 10.8. The minimum atomic E-state index is 0.0505. The number of aryl methyl sites for hydroxylation is 1. The number of rotatable bonds is 6. The van der Waals surface area contributed by atoms with Crippen LogP contribution in [0.4, 0.5) is 11.5 Å². The van der Waals surface area contributed by atoms with Crippen LogP contribution in [0.2, 0.25) is 0 Å². The van der Waals surface area contributed by atoms with Crippen LogP contribution >= 0.6 is 0 Å². The standard InChI is InChI=1S/C14H21N5O/c1-10(2)20-14-12(15)4-5-13(18-14)16-8-6-11-7-9-17-19(11)3/h4-5,7,9-10H,6,8,15H2,1-3H3,(H,16,18). The number of nitrogen functional groups attached to an aromatic ring is 1. The van der Waals surface area contributed by atoms with Gasteiger partial charge in [-0.2, -0.15) is 10.1 Å². The molecule has 0 saturated heterocycles. The summed E-state index contributed by atoms with van der Waals surface area (Å²) in [6, 6.07) is 5.66. The first-order valence-corrected chi connectivity index (χ1v) is 6.70. The zero-order valence-electron chi connectivity index (χ0n) is 12.1. The van der Waals surface area contributed by atoms with E-state index in [4.69, 9.17) is 10.5 Å². The minimum Gasteiger partial charge on any atom is -0.473 e. The van der Waals surface area contributed by atoms with Gasteiger partial charge in [0.15, 0.2) is 0 Å². The Bertz CT molecular complexity index is 564. The summed E-state index contributed by atoms with van der Waals surface area (Å²) in [5, 5.41) is 7.40. The molecule has 0 radical (unpaired) electrons. The quantitative estimate of drug-likeness (QED) is 0.841. The lowest BCUT2D eigenvalue weighted by atomic mass is 10.3. The summed E-state index contributed by atoms with van der Waals surface area (Å²) >= 11 is 0. The van der Waals surface area contributed by atoms with Crippen LogP contribution in [-0.2, 0) is 13.5 Å². The van der Waals surface area contributed by atoms with E-state index in [0.717, 1.165) is 18.8 Å². The van der Waals surface area contributed by atoms with Crippen molar-refractivity contribution in [3.63, 3.8) is 0 Å². The van der Waals surface area contributed by atoms with Gasteiger partial charge >= 0.3 is 0 Å². The predicted molar refractivity (Wildman–Crippen MR) is 79.8 cm³/mol. The molecule has 108 valence electrons. The van der Waals surface area contributed by atoms with Crippen LogP contribution < -0.4 is 15.8 Å². The number of nitrogens with zero attached hydrogens (tertiary/aromatic N) is 3. The second kappa shape index (κ2) is 6.27. The van der Waals surface area contributed by atoms with Gasteiger partial charge in [-0.1, -0.05) is 0 Å². The van der Waals surface area contributed by atoms with Crippen molar-refractivity contribution in [2.24, 2.45) is 7.05 Å². The third-order valence-electron chi connectivity index (χ3n) is 2.85. The molecule has 6 nitrogen and oxygen atoms in total. The van der Waals surface area contributed by atoms with Crippen LogP contribution in [0.3, 0.4) is 0 Å². The highest BCUT2D eigenvalue weighted by Crippen LogP contribution is 2.21. The van der Waals surface area contributed by atoms with Gasteiger partial charge in [0.1, 0.15) is 5.82 Å². The van der Waals surface area contributed by atoms with E-state index in [1.165, 1.54) is 5.69 Å². The highest BCUT2D eigenvalue weighted by atomic mass is 16.5. The van der Waals surface area contributed by atoms with Crippen molar-refractivity contribution in [2.75, 3.05) is 17.6 Å². The number of nitrogens with two attached hydrogens (primary N) is 1. The summed E-state index contributed by atoms with van der Waals surface area (Å²) in [4.78, 5) is 4.37. The third kappa shape index (κ3) is 3.63. The molecule has 0 amide bonds. The zero-order valence-corrected chi connectivity index (χ0v) is 12.1. The Morgan fingerprint density at radius 2 is 2.15 bits per heavy atom. The first kappa shape index (κ1) is 14.2. The molecule has 0 unspecified atom stereocenters. The van der Waals surface area contributed by atoms with Crippen molar-refractivity contribution < 1.29 is 4.74 Å². The van der Waals surface area contributed by atoms with Crippen LogP contribution in [0.15, 0.2) is 24.4 Å². The zero-order chi connectivity index (χ0) is 14.5. The largest absolute Gasteiger partial charge is 0.473 e. The van der Waals surface area contributed by atoms with Crippen LogP contribution in [0.5, 0.6) is 5.88 Å². The molecule has 0 aliphatic carbocycles. The average Bonchev–Trinajstić information content (AvgIpc) is 2.79. The molecule has 20 heavy (non-hydrogen) atoms. The Morgan fingerprint density at radius 3 is 2.80 bits per heavy atom. The Labute approximate surface area is 119 Å². The molecule has 0 fully saturated rings. The lowest BCUT2D eigenvalue weighted by molar-refractivity contribution is 0.234. The Kier molecular flexibility index (Phi) is 4.45. The van der Waals surface area contributed by atoms with Gasteiger partial charge in [0, 0.05) is 31.9 Å². The average molecular weight is 275 g/mol. The second-order valence-electron chi connectivity index (χ2n) is 4.88. The molecule has 0 aromatic carbocycles. The summed E-state index contributed by atoms with van der Waals surface area (Å²) in [6.07, 6.45) is 2.73. The Balaban J connectivity index is 1.94. The van der Waals surface area contributed by atoms with Gasteiger partial charge in [-0.25, -0.2) is 0 Å². The Hall–Kier alpha value is -2.24. The van der Waals surface area contributed by atoms with Crippen molar-refractivity contribution in [2.45, 2.75) is 26.4 Å². The number of anilines is 2. The summed E-state index contributed by atoms with van der Waals surface area (Å²) in [6.45, 7) is 4.67. The van der Waals surface area contributed by atoms with E-state index in [2.05, 4.69) is 15.4 Å². The minimum absolute atomic E-state index is 0.0505. The maximum absolute atomic E-state index is 5.84. The first-order valence-electron chi connectivity index (χ1n) is 6.70. The van der Waals surface area contributed by atoms with Crippen molar-refractivity contribution in [1.29, 1.82) is 0 Å². The van der Waals surface area contributed by atoms with E-state index in [9.17, 15) is 0 Å². The van der Waals surface area contributed by atoms with E-state index in [0.29, 0.717) is 11.6 Å². The molecule has 2 aromatic heterocycles. The van der Waals surface area contributed by atoms with Gasteiger partial charge in [-0.05, 0) is 32.0 Å². The molecule has 0 bridgehead atoms. The van der Waals surface area contributed by atoms with E-state index in [1.807, 2.05) is 37.7 Å². The van der Waals surface area contributed by atoms with Gasteiger partial charge < -0.3 is 15.8 Å². The van der Waals surface area contributed by atoms with Gasteiger partial charge in [0.2, 0.25) is 5.88 Å². The van der Waals surface area contributed by atoms with Crippen molar-refractivity contribution >= 4 is 11.5 Å². The highest BCUT2D eigenvalue weighted by molar-refractivity contribution is 5.53. The summed E-state index contributed by atoms with van der Waals surface area (Å²) in [5.74, 6) is 1.24. The number of ether oxygens (including phenoxy) is 1. The molecule has 6 heteroatoms. The topological polar surface area (TPSA) is 78.0 Å². The third-order valence-corrected chi connectivity index (χ3v) is 2.85. The fourth-order valence-corrected chi connectivity index (χ4v) is 1.83. The molecule has 2 heterocycles. The van der Waals surface area contributed by atoms with Gasteiger partial charge in [0.05, 0.1) is 11.8 Å². The summed E-state index contributed by atoms with van der Waals surface area (Å²) in [5.41, 5.74) is 7.56. The molecular weight excluding hydrogens is 254 g/mol. The van der Waals surface area contributed by atoms with Crippen molar-refractivity contribution in [1.82, 2.24) is 14.8 Å². The Morgan fingerprint density at radius 1 is 1.35 bits per heavy atom. The lowest BCUT2D eigenvalue weighted by Gasteiger charge is -2.13.